The molecule has 0 radical (unpaired) electrons. The summed E-state index contributed by atoms with van der Waals surface area (Å²) in [6.45, 7) is 4.87. The third-order valence-corrected chi connectivity index (χ3v) is 7.49. The Morgan fingerprint density at radius 1 is 1.15 bits per heavy atom. The van der Waals surface area contributed by atoms with Crippen molar-refractivity contribution in [2.24, 2.45) is 0 Å². The molecule has 0 aliphatic carbocycles. The maximum Gasteiger partial charge on any atom is 0.241 e. The summed E-state index contributed by atoms with van der Waals surface area (Å²) < 4.78 is 26.3. The second-order valence-corrected chi connectivity index (χ2v) is 9.30. The van der Waals surface area contributed by atoms with E-state index in [0.29, 0.717) is 50.6 Å². The molecule has 1 amide bonds. The number of hydrogen-bond acceptors (Lipinski definition) is 4. The minimum absolute atomic E-state index is 0.0546. The standard InChI is InChI=1S/C18H26ClN3O3S/c1-2-14-26(24,25)22-9-5-8-17(22)18(23)21-12-10-20(11-13-21)16-7-4-3-6-15(16)19/h3-4,6-7,17H,2,5,8-14H2,1H3/t17-/m1/s1. The minimum atomic E-state index is -3.34. The van der Waals surface area contributed by atoms with Crippen molar-refractivity contribution in [1.29, 1.82) is 0 Å². The maximum atomic E-state index is 12.9. The van der Waals surface area contributed by atoms with Gasteiger partial charge in [-0.05, 0) is 31.4 Å². The first-order valence-corrected chi connectivity index (χ1v) is 11.2. The van der Waals surface area contributed by atoms with Crippen LogP contribution in [-0.4, -0.2) is 68.0 Å². The quantitative estimate of drug-likeness (QED) is 0.761. The van der Waals surface area contributed by atoms with Crippen molar-refractivity contribution in [1.82, 2.24) is 9.21 Å². The van der Waals surface area contributed by atoms with Crippen molar-refractivity contribution in [2.45, 2.75) is 32.2 Å². The van der Waals surface area contributed by atoms with E-state index in [1.807, 2.05) is 31.2 Å². The molecule has 2 aliphatic heterocycles. The highest BCUT2D eigenvalue weighted by Gasteiger charge is 2.40. The van der Waals surface area contributed by atoms with Crippen LogP contribution >= 0.6 is 11.6 Å². The fourth-order valence-corrected chi connectivity index (χ4v) is 5.78. The molecule has 1 aromatic rings. The monoisotopic (exact) mass is 399 g/mol. The van der Waals surface area contributed by atoms with Crippen LogP contribution in [-0.2, 0) is 14.8 Å². The average Bonchev–Trinajstić information content (AvgIpc) is 3.12. The van der Waals surface area contributed by atoms with E-state index in [0.717, 1.165) is 12.1 Å². The van der Waals surface area contributed by atoms with E-state index >= 15 is 0 Å². The van der Waals surface area contributed by atoms with Crippen LogP contribution in [0.3, 0.4) is 0 Å². The summed E-state index contributed by atoms with van der Waals surface area (Å²) in [6, 6.07) is 7.17. The van der Waals surface area contributed by atoms with Gasteiger partial charge < -0.3 is 9.80 Å². The summed E-state index contributed by atoms with van der Waals surface area (Å²) in [5.74, 6) is 0.0536. The lowest BCUT2D eigenvalue weighted by molar-refractivity contribution is -0.134. The van der Waals surface area contributed by atoms with Crippen LogP contribution in [0.4, 0.5) is 5.69 Å². The molecule has 2 saturated heterocycles. The topological polar surface area (TPSA) is 60.9 Å². The highest BCUT2D eigenvalue weighted by Crippen LogP contribution is 2.27. The Labute approximate surface area is 160 Å². The lowest BCUT2D eigenvalue weighted by Gasteiger charge is -2.38. The van der Waals surface area contributed by atoms with Gasteiger partial charge in [0.15, 0.2) is 0 Å². The fraction of sp³-hybridized carbons (Fsp3) is 0.611. The number of para-hydroxylation sites is 1. The molecule has 0 unspecified atom stereocenters. The molecule has 2 heterocycles. The number of piperazine rings is 1. The van der Waals surface area contributed by atoms with Crippen molar-refractivity contribution in [2.75, 3.05) is 43.4 Å². The van der Waals surface area contributed by atoms with Gasteiger partial charge in [0.05, 0.1) is 16.5 Å². The van der Waals surface area contributed by atoms with Gasteiger partial charge >= 0.3 is 0 Å². The van der Waals surface area contributed by atoms with Crippen LogP contribution < -0.4 is 4.90 Å². The van der Waals surface area contributed by atoms with Gasteiger partial charge in [-0.2, -0.15) is 4.31 Å². The van der Waals surface area contributed by atoms with Crippen molar-refractivity contribution >= 4 is 33.2 Å². The molecule has 0 bridgehead atoms. The number of benzene rings is 1. The summed E-state index contributed by atoms with van der Waals surface area (Å²) in [5.41, 5.74) is 0.981. The van der Waals surface area contributed by atoms with Gasteiger partial charge in [-0.25, -0.2) is 8.42 Å². The number of carbonyl (C=O) groups excluding carboxylic acids is 1. The van der Waals surface area contributed by atoms with Crippen LogP contribution in [0.2, 0.25) is 5.02 Å². The minimum Gasteiger partial charge on any atom is -0.367 e. The molecule has 0 aromatic heterocycles. The van der Waals surface area contributed by atoms with Crippen LogP contribution in [0.15, 0.2) is 24.3 Å². The molecule has 1 aromatic carbocycles. The highest BCUT2D eigenvalue weighted by atomic mass is 35.5. The van der Waals surface area contributed by atoms with E-state index < -0.39 is 16.1 Å². The Hall–Kier alpha value is -1.31. The second-order valence-electron chi connectivity index (χ2n) is 6.85. The van der Waals surface area contributed by atoms with Crippen molar-refractivity contribution in [3.05, 3.63) is 29.3 Å². The van der Waals surface area contributed by atoms with Gasteiger partial charge in [0.25, 0.3) is 0 Å². The lowest BCUT2D eigenvalue weighted by Crippen LogP contribution is -2.54. The molecular weight excluding hydrogens is 374 g/mol. The summed E-state index contributed by atoms with van der Waals surface area (Å²) in [6.07, 6.45) is 1.93. The first-order valence-electron chi connectivity index (χ1n) is 9.22. The van der Waals surface area contributed by atoms with E-state index in [-0.39, 0.29) is 11.7 Å². The molecule has 0 saturated carbocycles. The SMILES string of the molecule is CCCS(=O)(=O)N1CCC[C@@H]1C(=O)N1CCN(c2ccccc2Cl)CC1. The molecule has 3 rings (SSSR count). The van der Waals surface area contributed by atoms with Gasteiger partial charge in [-0.15, -0.1) is 0 Å². The first-order chi connectivity index (χ1) is 12.4. The molecule has 1 atom stereocenters. The third-order valence-electron chi connectivity index (χ3n) is 5.09. The number of hydrogen-bond donors (Lipinski definition) is 0. The van der Waals surface area contributed by atoms with Gasteiger partial charge in [-0.3, -0.25) is 4.79 Å². The van der Waals surface area contributed by atoms with Gasteiger partial charge in [-0.1, -0.05) is 30.7 Å². The number of nitrogens with zero attached hydrogens (tertiary/aromatic N) is 3. The Morgan fingerprint density at radius 3 is 2.50 bits per heavy atom. The van der Waals surface area contributed by atoms with E-state index in [1.165, 1.54) is 4.31 Å². The molecule has 2 fully saturated rings. The fourth-order valence-electron chi connectivity index (χ4n) is 3.78. The predicted octanol–water partition coefficient (Wildman–Crippen LogP) is 2.19. The molecule has 2 aliphatic rings. The smallest absolute Gasteiger partial charge is 0.241 e. The van der Waals surface area contributed by atoms with Gasteiger partial charge in [0, 0.05) is 32.7 Å². The Balaban J connectivity index is 1.64. The van der Waals surface area contributed by atoms with E-state index in [9.17, 15) is 13.2 Å². The predicted molar refractivity (Wildman–Crippen MR) is 104 cm³/mol. The van der Waals surface area contributed by atoms with E-state index in [4.69, 9.17) is 11.6 Å². The number of anilines is 1. The Kier molecular flexibility index (Phi) is 6.10. The molecule has 0 spiro atoms. The number of sulfonamides is 1. The summed E-state index contributed by atoms with van der Waals surface area (Å²) in [4.78, 5) is 16.9. The summed E-state index contributed by atoms with van der Waals surface area (Å²) in [7, 11) is -3.34. The maximum absolute atomic E-state index is 12.9. The number of amides is 1. The molecule has 8 heteroatoms. The second kappa shape index (κ2) is 8.15. The number of carbonyl (C=O) groups is 1. The zero-order valence-corrected chi connectivity index (χ0v) is 16.7. The van der Waals surface area contributed by atoms with Crippen molar-refractivity contribution in [3.63, 3.8) is 0 Å². The van der Waals surface area contributed by atoms with Gasteiger partial charge in [0.1, 0.15) is 6.04 Å². The average molecular weight is 400 g/mol. The lowest BCUT2D eigenvalue weighted by atomic mass is 10.1. The van der Waals surface area contributed by atoms with Crippen molar-refractivity contribution < 1.29 is 13.2 Å². The normalized spacial score (nSPS) is 22.0. The van der Waals surface area contributed by atoms with E-state index in [2.05, 4.69) is 4.90 Å². The molecular formula is C18H26ClN3O3S. The number of rotatable bonds is 5. The highest BCUT2D eigenvalue weighted by molar-refractivity contribution is 7.89. The molecule has 6 nitrogen and oxygen atoms in total. The zero-order chi connectivity index (χ0) is 18.7. The Bertz CT molecular complexity index is 748. The molecule has 26 heavy (non-hydrogen) atoms. The van der Waals surface area contributed by atoms with Crippen LogP contribution in [0.1, 0.15) is 26.2 Å². The molecule has 144 valence electrons. The summed E-state index contributed by atoms with van der Waals surface area (Å²) >= 11 is 6.26. The van der Waals surface area contributed by atoms with Crippen LogP contribution in [0.25, 0.3) is 0 Å². The van der Waals surface area contributed by atoms with E-state index in [1.54, 1.807) is 4.90 Å². The van der Waals surface area contributed by atoms with Crippen molar-refractivity contribution in [3.8, 4) is 0 Å². The largest absolute Gasteiger partial charge is 0.367 e. The molecule has 0 N–H and O–H groups in total. The zero-order valence-electron chi connectivity index (χ0n) is 15.1. The van der Waals surface area contributed by atoms with Crippen LogP contribution in [0.5, 0.6) is 0 Å². The number of halogens is 1. The third kappa shape index (κ3) is 4.00. The Morgan fingerprint density at radius 2 is 1.85 bits per heavy atom. The summed E-state index contributed by atoms with van der Waals surface area (Å²) in [5, 5.41) is 0.708. The van der Waals surface area contributed by atoms with Crippen LogP contribution in [0, 0.1) is 0 Å². The van der Waals surface area contributed by atoms with Gasteiger partial charge in [0.2, 0.25) is 15.9 Å². The first kappa shape index (κ1) is 19.5.